The Morgan fingerprint density at radius 2 is 1.91 bits per heavy atom. The highest BCUT2D eigenvalue weighted by Crippen LogP contribution is 2.47. The molecule has 1 amide bonds. The smallest absolute Gasteiger partial charge is 0.230 e. The van der Waals surface area contributed by atoms with Crippen LogP contribution in [0, 0.1) is 0 Å². The van der Waals surface area contributed by atoms with E-state index in [1.54, 1.807) is 0 Å². The average Bonchev–Trinajstić information content (AvgIpc) is 2.89. The van der Waals surface area contributed by atoms with E-state index >= 15 is 0 Å². The maximum Gasteiger partial charge on any atom is 0.230 e. The summed E-state index contributed by atoms with van der Waals surface area (Å²) >= 11 is 1.46. The number of thioether (sulfide) groups is 1. The Balaban J connectivity index is 1.78. The summed E-state index contributed by atoms with van der Waals surface area (Å²) in [4.78, 5) is 11.8. The number of hydrogen-bond donors (Lipinski definition) is 1. The van der Waals surface area contributed by atoms with Gasteiger partial charge in [0.05, 0.1) is 18.9 Å². The number of carbonyl (C=O) groups excluding carboxylic acids is 1. The molecule has 0 aromatic rings. The fourth-order valence-corrected chi connectivity index (χ4v) is 3.75. The summed E-state index contributed by atoms with van der Waals surface area (Å²) in [5.41, 5.74) is 0. The Kier molecular flexibility index (Phi) is 4.44. The number of amides is 1. The molecule has 23 heavy (non-hydrogen) atoms. The van der Waals surface area contributed by atoms with E-state index in [9.17, 15) is 4.79 Å². The van der Waals surface area contributed by atoms with Crippen molar-refractivity contribution in [1.29, 1.82) is 0 Å². The van der Waals surface area contributed by atoms with Crippen LogP contribution in [0.1, 0.15) is 27.7 Å². The van der Waals surface area contributed by atoms with Crippen molar-refractivity contribution < 1.29 is 28.5 Å². The Labute approximate surface area is 140 Å². The zero-order valence-electron chi connectivity index (χ0n) is 14.2. The van der Waals surface area contributed by atoms with E-state index in [0.717, 1.165) is 0 Å². The van der Waals surface area contributed by atoms with Crippen molar-refractivity contribution in [2.45, 2.75) is 63.4 Å². The first kappa shape index (κ1) is 17.4. The fraction of sp³-hybridized carbons (Fsp3) is 0.933. The Morgan fingerprint density at radius 1 is 1.17 bits per heavy atom. The molecule has 3 rings (SSSR count). The molecule has 0 saturated carbocycles. The average molecular weight is 347 g/mol. The normalized spacial score (nSPS) is 40.5. The SMILES string of the molecule is CSCC(=O)NC[C@@]12OC[C@H]3OC(C)(C)O[C@H]3[C@@H]1OC(C)(C)O2. The van der Waals surface area contributed by atoms with Gasteiger partial charge in [0.25, 0.3) is 0 Å². The predicted molar refractivity (Wildman–Crippen MR) is 83.9 cm³/mol. The minimum atomic E-state index is -1.05. The molecule has 3 fully saturated rings. The number of carbonyl (C=O) groups is 1. The highest BCUT2D eigenvalue weighted by molar-refractivity contribution is 7.99. The van der Waals surface area contributed by atoms with Crippen molar-refractivity contribution in [3.63, 3.8) is 0 Å². The third-order valence-corrected chi connectivity index (χ3v) is 4.63. The summed E-state index contributed by atoms with van der Waals surface area (Å²) in [5.74, 6) is -2.23. The molecule has 0 aromatic heterocycles. The zero-order chi connectivity index (χ0) is 16.9. The lowest BCUT2D eigenvalue weighted by molar-refractivity contribution is -0.277. The lowest BCUT2D eigenvalue weighted by atomic mass is 9.97. The molecule has 0 aromatic carbocycles. The Bertz CT molecular complexity index is 485. The molecule has 0 radical (unpaired) electrons. The maximum atomic E-state index is 11.8. The van der Waals surface area contributed by atoms with Crippen molar-refractivity contribution in [2.75, 3.05) is 25.2 Å². The van der Waals surface area contributed by atoms with Gasteiger partial charge in [-0.1, -0.05) is 0 Å². The lowest BCUT2D eigenvalue weighted by Crippen LogP contribution is -2.62. The molecule has 3 heterocycles. The Morgan fingerprint density at radius 3 is 2.61 bits per heavy atom. The number of rotatable bonds is 4. The van der Waals surface area contributed by atoms with Crippen LogP contribution >= 0.6 is 11.8 Å². The highest BCUT2D eigenvalue weighted by Gasteiger charge is 2.65. The van der Waals surface area contributed by atoms with E-state index in [1.165, 1.54) is 11.8 Å². The van der Waals surface area contributed by atoms with Crippen molar-refractivity contribution in [1.82, 2.24) is 5.32 Å². The van der Waals surface area contributed by atoms with Gasteiger partial charge in [-0.25, -0.2) is 0 Å². The first-order valence-corrected chi connectivity index (χ1v) is 9.19. The summed E-state index contributed by atoms with van der Waals surface area (Å²) in [5, 5.41) is 2.87. The van der Waals surface area contributed by atoms with Crippen molar-refractivity contribution >= 4 is 17.7 Å². The number of nitrogens with one attached hydrogen (secondary N) is 1. The minimum Gasteiger partial charge on any atom is -0.350 e. The van der Waals surface area contributed by atoms with Crippen LogP contribution in [0.15, 0.2) is 0 Å². The minimum absolute atomic E-state index is 0.0615. The van der Waals surface area contributed by atoms with Crippen LogP contribution in [-0.2, 0) is 28.5 Å². The van der Waals surface area contributed by atoms with Gasteiger partial charge in [0.1, 0.15) is 18.3 Å². The van der Waals surface area contributed by atoms with Crippen LogP contribution in [0.2, 0.25) is 0 Å². The highest BCUT2D eigenvalue weighted by atomic mass is 32.2. The summed E-state index contributed by atoms with van der Waals surface area (Å²) < 4.78 is 30.0. The van der Waals surface area contributed by atoms with Gasteiger partial charge in [-0.2, -0.15) is 11.8 Å². The van der Waals surface area contributed by atoms with Crippen LogP contribution in [0.5, 0.6) is 0 Å². The molecule has 3 aliphatic rings. The molecule has 1 N–H and O–H groups in total. The second-order valence-corrected chi connectivity index (χ2v) is 7.88. The maximum absolute atomic E-state index is 11.8. The van der Waals surface area contributed by atoms with Crippen LogP contribution in [0.4, 0.5) is 0 Å². The van der Waals surface area contributed by atoms with E-state index in [-0.39, 0.29) is 24.7 Å². The van der Waals surface area contributed by atoms with E-state index in [0.29, 0.717) is 12.4 Å². The van der Waals surface area contributed by atoms with Crippen LogP contribution in [0.25, 0.3) is 0 Å². The molecular formula is C15H25NO6S. The van der Waals surface area contributed by atoms with Gasteiger partial charge in [-0.15, -0.1) is 0 Å². The second kappa shape index (κ2) is 5.86. The van der Waals surface area contributed by atoms with Crippen molar-refractivity contribution in [3.05, 3.63) is 0 Å². The molecule has 132 valence electrons. The standard InChI is InChI=1S/C15H25NO6S/c1-13(2)19-9-6-18-15(8-16-10(17)7-23-5)12(11(9)20-13)21-14(3,4)22-15/h9,11-12H,6-8H2,1-5H3,(H,16,17)/t9-,11-,12+,15+/m1/s1. The van der Waals surface area contributed by atoms with E-state index in [2.05, 4.69) is 5.32 Å². The van der Waals surface area contributed by atoms with Gasteiger partial charge < -0.3 is 29.0 Å². The molecule has 4 atom stereocenters. The van der Waals surface area contributed by atoms with Gasteiger partial charge in [0.2, 0.25) is 11.7 Å². The topological polar surface area (TPSA) is 75.3 Å². The van der Waals surface area contributed by atoms with Gasteiger partial charge in [0, 0.05) is 0 Å². The lowest BCUT2D eigenvalue weighted by Gasteiger charge is -2.40. The summed E-state index contributed by atoms with van der Waals surface area (Å²) in [6, 6.07) is 0. The van der Waals surface area contributed by atoms with Crippen molar-refractivity contribution in [3.8, 4) is 0 Å². The number of hydrogen-bond acceptors (Lipinski definition) is 7. The largest absolute Gasteiger partial charge is 0.350 e. The number of ether oxygens (including phenoxy) is 5. The van der Waals surface area contributed by atoms with Crippen LogP contribution in [0.3, 0.4) is 0 Å². The van der Waals surface area contributed by atoms with Gasteiger partial charge in [-0.05, 0) is 34.0 Å². The van der Waals surface area contributed by atoms with Gasteiger partial charge in [0.15, 0.2) is 11.6 Å². The molecule has 3 aliphatic heterocycles. The van der Waals surface area contributed by atoms with Crippen molar-refractivity contribution in [2.24, 2.45) is 0 Å². The quantitative estimate of drug-likeness (QED) is 0.808. The van der Waals surface area contributed by atoms with Crippen LogP contribution < -0.4 is 5.32 Å². The van der Waals surface area contributed by atoms with Crippen LogP contribution in [-0.4, -0.2) is 66.7 Å². The first-order chi connectivity index (χ1) is 10.7. The molecule has 0 spiro atoms. The molecule has 8 heteroatoms. The second-order valence-electron chi connectivity index (χ2n) is 7.01. The van der Waals surface area contributed by atoms with E-state index in [4.69, 9.17) is 23.7 Å². The summed E-state index contributed by atoms with van der Waals surface area (Å²) in [7, 11) is 0. The zero-order valence-corrected chi connectivity index (χ0v) is 15.0. The fourth-order valence-electron chi connectivity index (χ4n) is 3.39. The summed E-state index contributed by atoms with van der Waals surface area (Å²) in [6.45, 7) is 7.95. The van der Waals surface area contributed by atoms with Gasteiger partial charge >= 0.3 is 0 Å². The van der Waals surface area contributed by atoms with E-state index in [1.807, 2.05) is 34.0 Å². The third-order valence-electron chi connectivity index (χ3n) is 4.08. The molecule has 0 bridgehead atoms. The molecule has 3 saturated heterocycles. The Hall–Kier alpha value is -0.380. The monoisotopic (exact) mass is 347 g/mol. The third kappa shape index (κ3) is 3.38. The van der Waals surface area contributed by atoms with Gasteiger partial charge in [-0.3, -0.25) is 4.79 Å². The first-order valence-electron chi connectivity index (χ1n) is 7.80. The predicted octanol–water partition coefficient (Wildman–Crippen LogP) is 0.864. The molecular weight excluding hydrogens is 322 g/mol. The molecule has 0 unspecified atom stereocenters. The number of fused-ring (bicyclic) bond motifs is 3. The molecule has 0 aliphatic carbocycles. The molecule has 7 nitrogen and oxygen atoms in total. The van der Waals surface area contributed by atoms with E-state index < -0.39 is 23.5 Å². The summed E-state index contributed by atoms with van der Waals surface area (Å²) in [6.07, 6.45) is 0.917.